The highest BCUT2D eigenvalue weighted by Gasteiger charge is 2.17. The molecule has 18 heavy (non-hydrogen) atoms. The number of aryl methyl sites for hydroxylation is 1. The van der Waals surface area contributed by atoms with Crippen LogP contribution in [0.4, 0.5) is 5.82 Å². The van der Waals surface area contributed by atoms with Crippen molar-refractivity contribution in [2.45, 2.75) is 13.0 Å². The van der Waals surface area contributed by atoms with E-state index >= 15 is 0 Å². The summed E-state index contributed by atoms with van der Waals surface area (Å²) in [4.78, 5) is 18.7. The van der Waals surface area contributed by atoms with Crippen molar-refractivity contribution in [2.24, 2.45) is 7.05 Å². The number of carboxylic acid groups (broad SMARTS) is 1. The number of nitrogens with zero attached hydrogens (tertiary/aromatic N) is 5. The maximum absolute atomic E-state index is 11.0. The zero-order chi connectivity index (χ0) is 13.1. The van der Waals surface area contributed by atoms with Gasteiger partial charge >= 0.3 is 5.97 Å². The Hall–Kier alpha value is -2.51. The molecule has 0 aromatic carbocycles. The number of carboxylic acids is 1. The minimum atomic E-state index is -1.13. The molecule has 0 aliphatic carbocycles. The van der Waals surface area contributed by atoms with Crippen LogP contribution in [-0.4, -0.2) is 35.8 Å². The Morgan fingerprint density at radius 2 is 2.17 bits per heavy atom. The molecule has 0 saturated heterocycles. The van der Waals surface area contributed by atoms with Crippen LogP contribution in [0.3, 0.4) is 0 Å². The second-order valence-electron chi connectivity index (χ2n) is 3.72. The van der Waals surface area contributed by atoms with Crippen LogP contribution in [0, 0.1) is 0 Å². The summed E-state index contributed by atoms with van der Waals surface area (Å²) in [5, 5.41) is 19.6. The fourth-order valence-corrected chi connectivity index (χ4v) is 1.55. The summed E-state index contributed by atoms with van der Waals surface area (Å²) >= 11 is 0. The van der Waals surface area contributed by atoms with Crippen LogP contribution in [0.5, 0.6) is 0 Å². The van der Waals surface area contributed by atoms with Gasteiger partial charge < -0.3 is 15.0 Å². The van der Waals surface area contributed by atoms with E-state index < -0.39 is 5.97 Å². The molecule has 1 atom stereocenters. The van der Waals surface area contributed by atoms with E-state index in [1.165, 1.54) is 12.4 Å². The minimum absolute atomic E-state index is 0.119. The van der Waals surface area contributed by atoms with E-state index in [2.05, 4.69) is 25.5 Å². The van der Waals surface area contributed by atoms with E-state index in [1.807, 2.05) is 14.0 Å². The molecule has 2 aromatic heterocycles. The summed E-state index contributed by atoms with van der Waals surface area (Å²) in [5.41, 5.74) is -0.119. The highest BCUT2D eigenvalue weighted by Crippen LogP contribution is 2.17. The van der Waals surface area contributed by atoms with Crippen LogP contribution in [-0.2, 0) is 7.05 Å². The zero-order valence-corrected chi connectivity index (χ0v) is 9.90. The second-order valence-corrected chi connectivity index (χ2v) is 3.72. The number of nitrogens with one attached hydrogen (secondary N) is 1. The number of hydrogen-bond acceptors (Lipinski definition) is 6. The quantitative estimate of drug-likeness (QED) is 0.810. The van der Waals surface area contributed by atoms with Crippen molar-refractivity contribution in [3.63, 3.8) is 0 Å². The summed E-state index contributed by atoms with van der Waals surface area (Å²) in [6.07, 6.45) is 4.34. The van der Waals surface area contributed by atoms with Gasteiger partial charge in [-0.05, 0) is 6.92 Å². The molecule has 0 aliphatic heterocycles. The summed E-state index contributed by atoms with van der Waals surface area (Å²) < 4.78 is 1.74. The molecule has 8 heteroatoms. The third kappa shape index (κ3) is 2.26. The Balaban J connectivity index is 2.25. The first-order valence-electron chi connectivity index (χ1n) is 5.24. The first-order chi connectivity index (χ1) is 8.59. The van der Waals surface area contributed by atoms with Gasteiger partial charge in [-0.1, -0.05) is 0 Å². The van der Waals surface area contributed by atoms with E-state index in [0.717, 1.165) is 0 Å². The van der Waals surface area contributed by atoms with E-state index in [1.54, 1.807) is 10.9 Å². The third-order valence-electron chi connectivity index (χ3n) is 2.39. The molecule has 2 aromatic rings. The highest BCUT2D eigenvalue weighted by molar-refractivity contribution is 5.90. The van der Waals surface area contributed by atoms with Gasteiger partial charge in [-0.2, -0.15) is 0 Å². The molecule has 2 rings (SSSR count). The lowest BCUT2D eigenvalue weighted by Crippen LogP contribution is -2.16. The minimum Gasteiger partial charge on any atom is -0.476 e. The average Bonchev–Trinajstić information content (AvgIpc) is 2.76. The molecule has 8 nitrogen and oxygen atoms in total. The third-order valence-corrected chi connectivity index (χ3v) is 2.39. The Labute approximate surface area is 103 Å². The van der Waals surface area contributed by atoms with Gasteiger partial charge in [0.25, 0.3) is 0 Å². The Kier molecular flexibility index (Phi) is 3.18. The maximum Gasteiger partial charge on any atom is 0.358 e. The highest BCUT2D eigenvalue weighted by atomic mass is 16.4. The zero-order valence-electron chi connectivity index (χ0n) is 9.90. The standard InChI is InChI=1S/C10H12N6O2/c1-6(9-15-13-5-16(9)2)14-8-7(10(17)18)11-3-4-12-8/h3-6H,1-2H3,(H,12,14)(H,17,18). The van der Waals surface area contributed by atoms with E-state index in [9.17, 15) is 4.79 Å². The van der Waals surface area contributed by atoms with Crippen molar-refractivity contribution in [3.05, 3.63) is 30.2 Å². The van der Waals surface area contributed by atoms with Gasteiger partial charge in [-0.3, -0.25) is 0 Å². The number of anilines is 1. The molecule has 0 radical (unpaired) electrons. The van der Waals surface area contributed by atoms with Gasteiger partial charge in [0, 0.05) is 19.4 Å². The lowest BCUT2D eigenvalue weighted by atomic mass is 10.3. The summed E-state index contributed by atoms with van der Waals surface area (Å²) in [6.45, 7) is 1.84. The predicted molar refractivity (Wildman–Crippen MR) is 62.0 cm³/mol. The summed E-state index contributed by atoms with van der Waals surface area (Å²) in [6, 6.07) is -0.229. The monoisotopic (exact) mass is 248 g/mol. The molecule has 0 aliphatic rings. The molecule has 94 valence electrons. The number of hydrogen-bond donors (Lipinski definition) is 2. The van der Waals surface area contributed by atoms with Gasteiger partial charge in [0.15, 0.2) is 17.3 Å². The van der Waals surface area contributed by atoms with Gasteiger partial charge in [-0.25, -0.2) is 14.8 Å². The summed E-state index contributed by atoms with van der Waals surface area (Å²) in [7, 11) is 1.81. The molecule has 1 unspecified atom stereocenters. The molecule has 0 bridgehead atoms. The predicted octanol–water partition coefficient (Wildman–Crippen LogP) is 0.476. The molecular weight excluding hydrogens is 236 g/mol. The van der Waals surface area contributed by atoms with Crippen molar-refractivity contribution in [3.8, 4) is 0 Å². The van der Waals surface area contributed by atoms with Crippen LogP contribution in [0.1, 0.15) is 29.3 Å². The molecule has 0 amide bonds. The fraction of sp³-hybridized carbons (Fsp3) is 0.300. The van der Waals surface area contributed by atoms with Crippen molar-refractivity contribution < 1.29 is 9.90 Å². The molecule has 2 heterocycles. The Morgan fingerprint density at radius 3 is 2.78 bits per heavy atom. The van der Waals surface area contributed by atoms with E-state index in [-0.39, 0.29) is 17.6 Å². The molecular formula is C10H12N6O2. The van der Waals surface area contributed by atoms with Crippen molar-refractivity contribution in [1.82, 2.24) is 24.7 Å². The lowest BCUT2D eigenvalue weighted by molar-refractivity contribution is 0.0691. The van der Waals surface area contributed by atoms with E-state index in [4.69, 9.17) is 5.11 Å². The van der Waals surface area contributed by atoms with E-state index in [0.29, 0.717) is 5.82 Å². The van der Waals surface area contributed by atoms with Crippen LogP contribution >= 0.6 is 0 Å². The first kappa shape index (κ1) is 12.0. The molecule has 0 spiro atoms. The second kappa shape index (κ2) is 4.78. The van der Waals surface area contributed by atoms with Crippen molar-refractivity contribution >= 4 is 11.8 Å². The topological polar surface area (TPSA) is 106 Å². The molecule has 2 N–H and O–H groups in total. The summed E-state index contributed by atoms with van der Waals surface area (Å²) in [5.74, 6) is -0.242. The largest absolute Gasteiger partial charge is 0.476 e. The first-order valence-corrected chi connectivity index (χ1v) is 5.24. The number of aromatic carboxylic acids is 1. The van der Waals surface area contributed by atoms with Gasteiger partial charge in [0.1, 0.15) is 6.33 Å². The fourth-order valence-electron chi connectivity index (χ4n) is 1.55. The van der Waals surface area contributed by atoms with Crippen LogP contribution in [0.2, 0.25) is 0 Å². The smallest absolute Gasteiger partial charge is 0.358 e. The van der Waals surface area contributed by atoms with Crippen molar-refractivity contribution in [2.75, 3.05) is 5.32 Å². The molecule has 0 fully saturated rings. The number of rotatable bonds is 4. The molecule has 0 saturated carbocycles. The number of aromatic nitrogens is 5. The Bertz CT molecular complexity index is 567. The average molecular weight is 248 g/mol. The van der Waals surface area contributed by atoms with Crippen LogP contribution < -0.4 is 5.32 Å². The number of carbonyl (C=O) groups is 1. The van der Waals surface area contributed by atoms with Gasteiger partial charge in [0.2, 0.25) is 0 Å². The maximum atomic E-state index is 11.0. The van der Waals surface area contributed by atoms with Crippen LogP contribution in [0.15, 0.2) is 18.7 Å². The van der Waals surface area contributed by atoms with Gasteiger partial charge in [-0.15, -0.1) is 10.2 Å². The SMILES string of the molecule is CC(Nc1nccnc1C(=O)O)c1nncn1C. The van der Waals surface area contributed by atoms with Crippen LogP contribution in [0.25, 0.3) is 0 Å². The Morgan fingerprint density at radius 1 is 1.44 bits per heavy atom. The van der Waals surface area contributed by atoms with Gasteiger partial charge in [0.05, 0.1) is 6.04 Å². The van der Waals surface area contributed by atoms with Crippen molar-refractivity contribution in [1.29, 1.82) is 0 Å². The normalized spacial score (nSPS) is 12.1. The lowest BCUT2D eigenvalue weighted by Gasteiger charge is -2.14.